The number of nitrogens with one attached hydrogen (secondary N) is 2. The van der Waals surface area contributed by atoms with E-state index >= 15 is 0 Å². The summed E-state index contributed by atoms with van der Waals surface area (Å²) in [4.78, 5) is 12.7. The minimum atomic E-state index is -0.249. The number of carbonyl (C=O) groups excluding carboxylic acids is 1. The van der Waals surface area contributed by atoms with Crippen LogP contribution in [-0.2, 0) is 6.42 Å². The summed E-state index contributed by atoms with van der Waals surface area (Å²) in [6.07, 6.45) is 7.68. The predicted molar refractivity (Wildman–Crippen MR) is 113 cm³/mol. The van der Waals surface area contributed by atoms with E-state index in [0.717, 1.165) is 18.7 Å². The molecular weight excluding hydrogens is 352 g/mol. The monoisotopic (exact) mass is 382 g/mol. The summed E-state index contributed by atoms with van der Waals surface area (Å²) in [6, 6.07) is 14.0. The van der Waals surface area contributed by atoms with Gasteiger partial charge < -0.3 is 20.1 Å². The average molecular weight is 383 g/mol. The highest BCUT2D eigenvalue weighted by atomic mass is 16.5. The molecular formula is C23H30N2O3. The summed E-state index contributed by atoms with van der Waals surface area (Å²) >= 11 is 0. The molecule has 1 fully saturated rings. The zero-order chi connectivity index (χ0) is 19.8. The van der Waals surface area contributed by atoms with Crippen LogP contribution in [0.5, 0.6) is 11.5 Å². The maximum Gasteiger partial charge on any atom is 0.263 e. The lowest BCUT2D eigenvalue weighted by atomic mass is 9.95. The van der Waals surface area contributed by atoms with Crippen molar-refractivity contribution in [3.63, 3.8) is 0 Å². The molecule has 2 aromatic rings. The van der Waals surface area contributed by atoms with Gasteiger partial charge in [0.2, 0.25) is 0 Å². The molecule has 0 aliphatic heterocycles. The lowest BCUT2D eigenvalue weighted by Gasteiger charge is -2.22. The van der Waals surface area contributed by atoms with Crippen molar-refractivity contribution < 1.29 is 14.3 Å². The molecule has 2 aromatic carbocycles. The van der Waals surface area contributed by atoms with Gasteiger partial charge in [0.15, 0.2) is 0 Å². The number of carbonyl (C=O) groups is 1. The van der Waals surface area contributed by atoms with Crippen LogP contribution in [0.25, 0.3) is 0 Å². The predicted octanol–water partition coefficient (Wildman–Crippen LogP) is 4.42. The quantitative estimate of drug-likeness (QED) is 0.709. The van der Waals surface area contributed by atoms with Crippen molar-refractivity contribution in [2.45, 2.75) is 44.6 Å². The molecule has 3 rings (SSSR count). The third-order valence-corrected chi connectivity index (χ3v) is 5.32. The third kappa shape index (κ3) is 5.26. The number of hydrogen-bond donors (Lipinski definition) is 2. The molecule has 28 heavy (non-hydrogen) atoms. The molecule has 1 saturated carbocycles. The van der Waals surface area contributed by atoms with Gasteiger partial charge in [-0.05, 0) is 55.6 Å². The zero-order valence-electron chi connectivity index (χ0n) is 16.8. The zero-order valence-corrected chi connectivity index (χ0v) is 16.8. The van der Waals surface area contributed by atoms with E-state index in [2.05, 4.69) is 22.8 Å². The van der Waals surface area contributed by atoms with Crippen LogP contribution in [0.2, 0.25) is 0 Å². The second-order valence-electron chi connectivity index (χ2n) is 7.23. The number of hydrogen-bond acceptors (Lipinski definition) is 4. The first-order valence-electron chi connectivity index (χ1n) is 10.1. The fourth-order valence-electron chi connectivity index (χ4n) is 3.75. The molecule has 150 valence electrons. The second-order valence-corrected chi connectivity index (χ2v) is 7.23. The van der Waals surface area contributed by atoms with E-state index < -0.39 is 0 Å². The molecule has 0 aromatic heterocycles. The molecule has 5 heteroatoms. The van der Waals surface area contributed by atoms with Crippen LogP contribution in [0, 0.1) is 0 Å². The number of methoxy groups -OCH3 is 2. The number of benzene rings is 2. The largest absolute Gasteiger partial charge is 0.496 e. The average Bonchev–Trinajstić information content (AvgIpc) is 2.75. The molecule has 1 aliphatic rings. The standard InChI is InChI=1S/C23H30N2O3/c1-27-20-9-6-10-21(28-2)22(20)23(26)25-19-13-11-17(12-14-19)15-16-24-18-7-4-3-5-8-18/h6,9-14,18,24H,3-5,7-8,15-16H2,1-2H3,(H,25,26). The van der Waals surface area contributed by atoms with Gasteiger partial charge in [-0.25, -0.2) is 0 Å². The highest BCUT2D eigenvalue weighted by molar-refractivity contribution is 6.08. The van der Waals surface area contributed by atoms with Crippen molar-refractivity contribution in [1.82, 2.24) is 5.32 Å². The van der Waals surface area contributed by atoms with Crippen molar-refractivity contribution in [2.24, 2.45) is 0 Å². The van der Waals surface area contributed by atoms with E-state index in [1.54, 1.807) is 32.4 Å². The van der Waals surface area contributed by atoms with Gasteiger partial charge in [0, 0.05) is 11.7 Å². The Labute approximate surface area is 167 Å². The fourth-order valence-corrected chi connectivity index (χ4v) is 3.75. The highest BCUT2D eigenvalue weighted by Gasteiger charge is 2.18. The fraction of sp³-hybridized carbons (Fsp3) is 0.435. The lowest BCUT2D eigenvalue weighted by molar-refractivity contribution is 0.102. The van der Waals surface area contributed by atoms with Gasteiger partial charge in [-0.1, -0.05) is 37.5 Å². The molecule has 0 bridgehead atoms. The lowest BCUT2D eigenvalue weighted by Crippen LogP contribution is -2.32. The summed E-state index contributed by atoms with van der Waals surface area (Å²) in [5.74, 6) is 0.727. The third-order valence-electron chi connectivity index (χ3n) is 5.32. The summed E-state index contributed by atoms with van der Waals surface area (Å²) in [5.41, 5.74) is 2.41. The Morgan fingerprint density at radius 1 is 0.964 bits per heavy atom. The van der Waals surface area contributed by atoms with Crippen molar-refractivity contribution in [3.05, 3.63) is 53.6 Å². The summed E-state index contributed by atoms with van der Waals surface area (Å²) in [7, 11) is 3.09. The number of ether oxygens (including phenoxy) is 2. The number of anilines is 1. The molecule has 1 amide bonds. The van der Waals surface area contributed by atoms with Gasteiger partial charge in [-0.2, -0.15) is 0 Å². The van der Waals surface area contributed by atoms with E-state index in [0.29, 0.717) is 23.1 Å². The van der Waals surface area contributed by atoms with Crippen LogP contribution in [0.3, 0.4) is 0 Å². The van der Waals surface area contributed by atoms with Crippen LogP contribution < -0.4 is 20.1 Å². The molecule has 0 heterocycles. The SMILES string of the molecule is COc1cccc(OC)c1C(=O)Nc1ccc(CCNC2CCCCC2)cc1. The van der Waals surface area contributed by atoms with E-state index in [9.17, 15) is 4.79 Å². The first-order chi connectivity index (χ1) is 13.7. The molecule has 0 atom stereocenters. The molecule has 0 radical (unpaired) electrons. The first kappa shape index (κ1) is 20.2. The van der Waals surface area contributed by atoms with E-state index in [4.69, 9.17) is 9.47 Å². The number of rotatable bonds is 8. The van der Waals surface area contributed by atoms with Gasteiger partial charge in [-0.3, -0.25) is 4.79 Å². The molecule has 1 aliphatic carbocycles. The summed E-state index contributed by atoms with van der Waals surface area (Å²) < 4.78 is 10.6. The van der Waals surface area contributed by atoms with Gasteiger partial charge in [-0.15, -0.1) is 0 Å². The highest BCUT2D eigenvalue weighted by Crippen LogP contribution is 2.29. The minimum Gasteiger partial charge on any atom is -0.496 e. The van der Waals surface area contributed by atoms with Crippen molar-refractivity contribution in [1.29, 1.82) is 0 Å². The maximum absolute atomic E-state index is 12.7. The van der Waals surface area contributed by atoms with Crippen molar-refractivity contribution in [3.8, 4) is 11.5 Å². The van der Waals surface area contributed by atoms with E-state index in [-0.39, 0.29) is 5.91 Å². The topological polar surface area (TPSA) is 59.6 Å². The summed E-state index contributed by atoms with van der Waals surface area (Å²) in [6.45, 7) is 0.995. The van der Waals surface area contributed by atoms with Crippen molar-refractivity contribution >= 4 is 11.6 Å². The molecule has 2 N–H and O–H groups in total. The van der Waals surface area contributed by atoms with Crippen LogP contribution in [0.1, 0.15) is 48.0 Å². The summed E-state index contributed by atoms with van der Waals surface area (Å²) in [5, 5.41) is 6.59. The smallest absolute Gasteiger partial charge is 0.263 e. The Bertz CT molecular complexity index is 746. The molecule has 5 nitrogen and oxygen atoms in total. The Kier molecular flexibility index (Phi) is 7.31. The Hall–Kier alpha value is -2.53. The van der Waals surface area contributed by atoms with Gasteiger partial charge >= 0.3 is 0 Å². The van der Waals surface area contributed by atoms with Gasteiger partial charge in [0.25, 0.3) is 5.91 Å². The van der Waals surface area contributed by atoms with Crippen LogP contribution in [0.4, 0.5) is 5.69 Å². The first-order valence-corrected chi connectivity index (χ1v) is 10.1. The molecule has 0 saturated heterocycles. The molecule has 0 unspecified atom stereocenters. The van der Waals surface area contributed by atoms with Gasteiger partial charge in [0.05, 0.1) is 14.2 Å². The van der Waals surface area contributed by atoms with Crippen LogP contribution >= 0.6 is 0 Å². The van der Waals surface area contributed by atoms with Crippen LogP contribution in [0.15, 0.2) is 42.5 Å². The van der Waals surface area contributed by atoms with E-state index in [1.807, 2.05) is 12.1 Å². The van der Waals surface area contributed by atoms with Crippen LogP contribution in [-0.4, -0.2) is 32.7 Å². The normalized spacial score (nSPS) is 14.5. The number of amides is 1. The Morgan fingerprint density at radius 3 is 2.21 bits per heavy atom. The second kappa shape index (κ2) is 10.1. The Morgan fingerprint density at radius 2 is 1.61 bits per heavy atom. The van der Waals surface area contributed by atoms with Gasteiger partial charge in [0.1, 0.15) is 17.1 Å². The maximum atomic E-state index is 12.7. The van der Waals surface area contributed by atoms with Crippen molar-refractivity contribution in [2.75, 3.05) is 26.1 Å². The van der Waals surface area contributed by atoms with E-state index in [1.165, 1.54) is 37.7 Å². The molecule has 0 spiro atoms. The minimum absolute atomic E-state index is 0.249. The Balaban J connectivity index is 1.56.